The van der Waals surface area contributed by atoms with E-state index in [1.807, 2.05) is 42.5 Å². The third kappa shape index (κ3) is 2.37. The molecule has 0 fully saturated rings. The van der Waals surface area contributed by atoms with Gasteiger partial charge in [0.05, 0.1) is 12.2 Å². The van der Waals surface area contributed by atoms with E-state index in [9.17, 15) is 4.79 Å². The summed E-state index contributed by atoms with van der Waals surface area (Å²) in [5, 5.41) is 2.10. The predicted molar refractivity (Wildman–Crippen MR) is 76.6 cm³/mol. The molecule has 0 atom stereocenters. The Bertz CT molecular complexity index is 795. The Kier molecular flexibility index (Phi) is 3.05. The minimum absolute atomic E-state index is 0.0140. The number of hydrogen-bond donors (Lipinski definition) is 0. The Morgan fingerprint density at radius 1 is 1.05 bits per heavy atom. The number of benzene rings is 1. The van der Waals surface area contributed by atoms with E-state index in [0.717, 1.165) is 11.1 Å². The van der Waals surface area contributed by atoms with Crippen LogP contribution in [0.1, 0.15) is 5.69 Å². The van der Waals surface area contributed by atoms with Crippen molar-refractivity contribution in [2.24, 2.45) is 0 Å². The van der Waals surface area contributed by atoms with Crippen molar-refractivity contribution in [2.75, 3.05) is 0 Å². The lowest BCUT2D eigenvalue weighted by Crippen LogP contribution is -2.20. The van der Waals surface area contributed by atoms with Crippen molar-refractivity contribution >= 4 is 22.4 Å². The highest BCUT2D eigenvalue weighted by Gasteiger charge is 2.03. The van der Waals surface area contributed by atoms with Gasteiger partial charge in [-0.3, -0.25) is 4.79 Å². The minimum Gasteiger partial charge on any atom is -0.309 e. The number of aromatic nitrogens is 2. The molecule has 0 radical (unpaired) electrons. The van der Waals surface area contributed by atoms with Crippen molar-refractivity contribution in [1.29, 1.82) is 0 Å². The summed E-state index contributed by atoms with van der Waals surface area (Å²) >= 11 is 5.85. The molecule has 4 heteroatoms. The largest absolute Gasteiger partial charge is 0.309 e. The Balaban J connectivity index is 2.06. The normalized spacial score (nSPS) is 10.8. The molecule has 0 unspecified atom stereocenters. The Morgan fingerprint density at radius 2 is 1.89 bits per heavy atom. The topological polar surface area (TPSA) is 34.9 Å². The second kappa shape index (κ2) is 4.86. The van der Waals surface area contributed by atoms with Crippen molar-refractivity contribution < 1.29 is 0 Å². The van der Waals surface area contributed by atoms with E-state index in [0.29, 0.717) is 17.1 Å². The number of halogens is 1. The molecule has 0 aliphatic heterocycles. The van der Waals surface area contributed by atoms with Gasteiger partial charge in [0.15, 0.2) is 0 Å². The van der Waals surface area contributed by atoms with E-state index < -0.39 is 0 Å². The summed E-state index contributed by atoms with van der Waals surface area (Å²) in [6.45, 7) is 0.421. The van der Waals surface area contributed by atoms with Gasteiger partial charge in [-0.2, -0.15) is 0 Å². The van der Waals surface area contributed by atoms with Crippen molar-refractivity contribution in [3.8, 4) is 0 Å². The van der Waals surface area contributed by atoms with Crippen LogP contribution >= 0.6 is 11.6 Å². The molecular weight excluding hydrogens is 260 g/mol. The van der Waals surface area contributed by atoms with Crippen LogP contribution in [-0.4, -0.2) is 9.55 Å². The van der Waals surface area contributed by atoms with Crippen LogP contribution in [-0.2, 0) is 6.54 Å². The van der Waals surface area contributed by atoms with Gasteiger partial charge in [0.25, 0.3) is 5.56 Å². The molecule has 0 saturated carbocycles. The number of rotatable bonds is 2. The summed E-state index contributed by atoms with van der Waals surface area (Å²) in [4.78, 5) is 16.5. The predicted octanol–water partition coefficient (Wildman–Crippen LogP) is 3.10. The molecule has 94 valence electrons. The minimum atomic E-state index is -0.0140. The molecule has 0 spiro atoms. The van der Waals surface area contributed by atoms with Crippen molar-refractivity contribution in [1.82, 2.24) is 9.55 Å². The molecule has 19 heavy (non-hydrogen) atoms. The number of hydrogen-bond acceptors (Lipinski definition) is 2. The van der Waals surface area contributed by atoms with Gasteiger partial charge in [0.2, 0.25) is 0 Å². The SMILES string of the molecule is O=c1c2ccccc2ccn1Cc1cccc(Cl)n1. The molecule has 3 nitrogen and oxygen atoms in total. The molecule has 0 amide bonds. The van der Waals surface area contributed by atoms with Crippen molar-refractivity contribution in [3.05, 3.63) is 75.9 Å². The third-order valence-electron chi connectivity index (χ3n) is 2.99. The molecule has 2 heterocycles. The van der Waals surface area contributed by atoms with E-state index in [2.05, 4.69) is 4.98 Å². The fourth-order valence-corrected chi connectivity index (χ4v) is 2.25. The first kappa shape index (κ1) is 11.9. The fraction of sp³-hybridized carbons (Fsp3) is 0.0667. The van der Waals surface area contributed by atoms with Gasteiger partial charge in [-0.1, -0.05) is 35.9 Å². The summed E-state index contributed by atoms with van der Waals surface area (Å²) in [5.41, 5.74) is 0.754. The monoisotopic (exact) mass is 270 g/mol. The summed E-state index contributed by atoms with van der Waals surface area (Å²) < 4.78 is 1.64. The molecule has 3 aromatic rings. The first-order valence-corrected chi connectivity index (χ1v) is 6.31. The smallest absolute Gasteiger partial charge is 0.258 e. The molecular formula is C15H11ClN2O. The van der Waals surface area contributed by atoms with Gasteiger partial charge in [-0.15, -0.1) is 0 Å². The average Bonchev–Trinajstić information content (AvgIpc) is 2.42. The fourth-order valence-electron chi connectivity index (χ4n) is 2.07. The molecule has 0 saturated heterocycles. The van der Waals surface area contributed by atoms with Crippen LogP contribution in [0.2, 0.25) is 5.15 Å². The molecule has 1 aromatic carbocycles. The van der Waals surface area contributed by atoms with Crippen LogP contribution in [0.15, 0.2) is 59.5 Å². The molecule has 2 aromatic heterocycles. The highest BCUT2D eigenvalue weighted by molar-refractivity contribution is 6.29. The van der Waals surface area contributed by atoms with E-state index >= 15 is 0 Å². The molecule has 0 aliphatic rings. The van der Waals surface area contributed by atoms with Crippen LogP contribution < -0.4 is 5.56 Å². The van der Waals surface area contributed by atoms with Crippen LogP contribution in [0.4, 0.5) is 0 Å². The average molecular weight is 271 g/mol. The quantitative estimate of drug-likeness (QED) is 0.671. The van der Waals surface area contributed by atoms with E-state index in [-0.39, 0.29) is 5.56 Å². The summed E-state index contributed by atoms with van der Waals surface area (Å²) in [5.74, 6) is 0. The second-order valence-electron chi connectivity index (χ2n) is 4.29. The van der Waals surface area contributed by atoms with Crippen LogP contribution in [0.25, 0.3) is 10.8 Å². The first-order valence-electron chi connectivity index (χ1n) is 5.94. The zero-order valence-electron chi connectivity index (χ0n) is 10.1. The van der Waals surface area contributed by atoms with E-state index in [1.54, 1.807) is 16.8 Å². The molecule has 0 aliphatic carbocycles. The second-order valence-corrected chi connectivity index (χ2v) is 4.67. The number of pyridine rings is 2. The van der Waals surface area contributed by atoms with Gasteiger partial charge in [0.1, 0.15) is 5.15 Å². The van der Waals surface area contributed by atoms with Gasteiger partial charge < -0.3 is 4.57 Å². The van der Waals surface area contributed by atoms with Crippen molar-refractivity contribution in [3.63, 3.8) is 0 Å². The summed E-state index contributed by atoms with van der Waals surface area (Å²) in [7, 11) is 0. The maximum atomic E-state index is 12.3. The molecule has 0 N–H and O–H groups in total. The highest BCUT2D eigenvalue weighted by Crippen LogP contribution is 2.10. The zero-order valence-corrected chi connectivity index (χ0v) is 10.8. The van der Waals surface area contributed by atoms with Crippen LogP contribution in [0.5, 0.6) is 0 Å². The maximum absolute atomic E-state index is 12.3. The Hall–Kier alpha value is -2.13. The van der Waals surface area contributed by atoms with Gasteiger partial charge in [-0.25, -0.2) is 4.98 Å². The zero-order chi connectivity index (χ0) is 13.2. The van der Waals surface area contributed by atoms with Crippen LogP contribution in [0.3, 0.4) is 0 Å². The number of nitrogens with zero attached hydrogens (tertiary/aromatic N) is 2. The summed E-state index contributed by atoms with van der Waals surface area (Å²) in [6.07, 6.45) is 1.78. The Morgan fingerprint density at radius 3 is 2.74 bits per heavy atom. The lowest BCUT2D eigenvalue weighted by molar-refractivity contribution is 0.747. The molecule has 0 bridgehead atoms. The van der Waals surface area contributed by atoms with Crippen LogP contribution in [0, 0.1) is 0 Å². The van der Waals surface area contributed by atoms with E-state index in [4.69, 9.17) is 11.6 Å². The highest BCUT2D eigenvalue weighted by atomic mass is 35.5. The van der Waals surface area contributed by atoms with Gasteiger partial charge in [0, 0.05) is 11.6 Å². The standard InChI is InChI=1S/C15H11ClN2O/c16-14-7-3-5-12(17-14)10-18-9-8-11-4-1-2-6-13(11)15(18)19/h1-9H,10H2. The summed E-state index contributed by atoms with van der Waals surface area (Å²) in [6, 6.07) is 14.9. The first-order chi connectivity index (χ1) is 9.24. The lowest BCUT2D eigenvalue weighted by atomic mass is 10.2. The maximum Gasteiger partial charge on any atom is 0.258 e. The Labute approximate surface area is 115 Å². The van der Waals surface area contributed by atoms with Crippen molar-refractivity contribution in [2.45, 2.75) is 6.54 Å². The van der Waals surface area contributed by atoms with Gasteiger partial charge >= 0.3 is 0 Å². The van der Waals surface area contributed by atoms with E-state index in [1.165, 1.54) is 0 Å². The number of fused-ring (bicyclic) bond motifs is 1. The molecule has 3 rings (SSSR count). The lowest BCUT2D eigenvalue weighted by Gasteiger charge is -2.07. The third-order valence-corrected chi connectivity index (χ3v) is 3.20. The van der Waals surface area contributed by atoms with Gasteiger partial charge in [-0.05, 0) is 29.7 Å².